The van der Waals surface area contributed by atoms with Crippen molar-refractivity contribution in [3.63, 3.8) is 0 Å². The van der Waals surface area contributed by atoms with Crippen molar-refractivity contribution in [2.45, 2.75) is 13.5 Å². The summed E-state index contributed by atoms with van der Waals surface area (Å²) in [6.45, 7) is 5.96. The fraction of sp³-hybridized carbons (Fsp3) is 0.381. The van der Waals surface area contributed by atoms with Crippen molar-refractivity contribution < 1.29 is 4.79 Å². The van der Waals surface area contributed by atoms with Gasteiger partial charge >= 0.3 is 0 Å². The Morgan fingerprint density at radius 1 is 1.00 bits per heavy atom. The first-order valence-electron chi connectivity index (χ1n) is 10.0. The minimum absolute atomic E-state index is 0.0266. The molecule has 0 aliphatic carbocycles. The number of aryl methyl sites for hydroxylation is 2. The molecule has 0 radical (unpaired) electrons. The molecular formula is C21H25N7O2. The van der Waals surface area contributed by atoms with Crippen molar-refractivity contribution in [1.29, 1.82) is 0 Å². The Labute approximate surface area is 174 Å². The van der Waals surface area contributed by atoms with E-state index in [1.807, 2.05) is 37.1 Å². The van der Waals surface area contributed by atoms with Crippen LogP contribution in [-0.4, -0.2) is 73.0 Å². The number of nitrogens with zero attached hydrogens (tertiary/aromatic N) is 7. The van der Waals surface area contributed by atoms with Gasteiger partial charge < -0.3 is 4.90 Å². The molecule has 3 aromatic heterocycles. The number of rotatable bonds is 5. The first-order chi connectivity index (χ1) is 14.5. The molecule has 156 valence electrons. The monoisotopic (exact) mass is 407 g/mol. The van der Waals surface area contributed by atoms with E-state index >= 15 is 0 Å². The van der Waals surface area contributed by atoms with Crippen molar-refractivity contribution in [3.8, 4) is 11.3 Å². The summed E-state index contributed by atoms with van der Waals surface area (Å²) in [7, 11) is 1.84. The van der Waals surface area contributed by atoms with Crippen LogP contribution in [-0.2, 0) is 13.6 Å². The number of hydrogen-bond donors (Lipinski definition) is 0. The van der Waals surface area contributed by atoms with Gasteiger partial charge in [-0.3, -0.25) is 24.2 Å². The summed E-state index contributed by atoms with van der Waals surface area (Å²) < 4.78 is 3.22. The smallest absolute Gasteiger partial charge is 0.274 e. The van der Waals surface area contributed by atoms with Crippen LogP contribution in [0, 0.1) is 6.92 Å². The van der Waals surface area contributed by atoms with Gasteiger partial charge in [0.05, 0.1) is 12.2 Å². The number of piperazine rings is 1. The lowest BCUT2D eigenvalue weighted by Gasteiger charge is -2.34. The highest BCUT2D eigenvalue weighted by atomic mass is 16.2. The first-order valence-corrected chi connectivity index (χ1v) is 10.0. The fourth-order valence-corrected chi connectivity index (χ4v) is 3.52. The molecule has 1 amide bonds. The molecule has 9 nitrogen and oxygen atoms in total. The van der Waals surface area contributed by atoms with Crippen LogP contribution in [0.15, 0.2) is 47.5 Å². The molecule has 0 unspecified atom stereocenters. The molecule has 30 heavy (non-hydrogen) atoms. The summed E-state index contributed by atoms with van der Waals surface area (Å²) in [6.07, 6.45) is 3.42. The van der Waals surface area contributed by atoms with Crippen molar-refractivity contribution >= 4 is 5.91 Å². The zero-order valence-corrected chi connectivity index (χ0v) is 17.2. The van der Waals surface area contributed by atoms with Crippen molar-refractivity contribution in [3.05, 3.63) is 64.5 Å². The number of hydrogen-bond acceptors (Lipinski definition) is 6. The Kier molecular flexibility index (Phi) is 5.71. The zero-order valence-electron chi connectivity index (χ0n) is 17.2. The van der Waals surface area contributed by atoms with Crippen molar-refractivity contribution in [1.82, 2.24) is 34.3 Å². The molecule has 0 bridgehead atoms. The van der Waals surface area contributed by atoms with E-state index in [9.17, 15) is 9.59 Å². The van der Waals surface area contributed by atoms with Crippen LogP contribution in [0.5, 0.6) is 0 Å². The lowest BCUT2D eigenvalue weighted by molar-refractivity contribution is 0.0625. The van der Waals surface area contributed by atoms with Gasteiger partial charge in [-0.1, -0.05) is 0 Å². The average Bonchev–Trinajstić information content (AvgIpc) is 3.12. The predicted octanol–water partition coefficient (Wildman–Crippen LogP) is 0.805. The van der Waals surface area contributed by atoms with E-state index in [2.05, 4.69) is 20.1 Å². The maximum atomic E-state index is 12.6. The van der Waals surface area contributed by atoms with E-state index in [-0.39, 0.29) is 11.5 Å². The maximum Gasteiger partial charge on any atom is 0.274 e. The summed E-state index contributed by atoms with van der Waals surface area (Å²) in [4.78, 5) is 33.0. The molecule has 9 heteroatoms. The minimum atomic E-state index is -0.118. The van der Waals surface area contributed by atoms with Crippen LogP contribution >= 0.6 is 0 Å². The Balaban J connectivity index is 1.34. The zero-order chi connectivity index (χ0) is 21.1. The minimum Gasteiger partial charge on any atom is -0.335 e. The van der Waals surface area contributed by atoms with Crippen molar-refractivity contribution in [2.24, 2.45) is 7.05 Å². The summed E-state index contributed by atoms with van der Waals surface area (Å²) in [5.74, 6) is -0.0266. The quantitative estimate of drug-likeness (QED) is 0.622. The number of pyridine rings is 1. The molecule has 3 aromatic rings. The summed E-state index contributed by atoms with van der Waals surface area (Å²) in [6, 6.07) is 8.85. The summed E-state index contributed by atoms with van der Waals surface area (Å²) in [5.41, 5.74) is 3.01. The topological polar surface area (TPSA) is 89.2 Å². The molecule has 4 rings (SSSR count). The second kappa shape index (κ2) is 8.58. The molecule has 1 saturated heterocycles. The van der Waals surface area contributed by atoms with Gasteiger partial charge in [-0.2, -0.15) is 10.2 Å². The van der Waals surface area contributed by atoms with Gasteiger partial charge in [-0.25, -0.2) is 4.68 Å². The van der Waals surface area contributed by atoms with Crippen LogP contribution < -0.4 is 5.56 Å². The molecule has 0 atom stereocenters. The van der Waals surface area contributed by atoms with Gasteiger partial charge in [0, 0.05) is 69.5 Å². The second-order valence-corrected chi connectivity index (χ2v) is 7.44. The normalized spacial score (nSPS) is 14.8. The summed E-state index contributed by atoms with van der Waals surface area (Å²) in [5, 5.41) is 8.78. The predicted molar refractivity (Wildman–Crippen MR) is 112 cm³/mol. The van der Waals surface area contributed by atoms with Gasteiger partial charge in [0.2, 0.25) is 0 Å². The molecule has 0 saturated carbocycles. The molecule has 1 aliphatic heterocycles. The van der Waals surface area contributed by atoms with E-state index in [1.54, 1.807) is 29.2 Å². The SMILES string of the molecule is Cc1cc(C(=O)N2CCN(CCn3nc(-c4ccncc4)ccc3=O)CC2)nn1C. The van der Waals surface area contributed by atoms with Gasteiger partial charge in [-0.15, -0.1) is 0 Å². The Hall–Kier alpha value is -3.33. The van der Waals surface area contributed by atoms with E-state index in [0.29, 0.717) is 31.9 Å². The molecular weight excluding hydrogens is 382 g/mol. The highest BCUT2D eigenvalue weighted by molar-refractivity contribution is 5.92. The lowest BCUT2D eigenvalue weighted by atomic mass is 10.2. The number of carbonyl (C=O) groups is 1. The largest absolute Gasteiger partial charge is 0.335 e. The average molecular weight is 407 g/mol. The Bertz CT molecular complexity index is 1060. The lowest BCUT2D eigenvalue weighted by Crippen LogP contribution is -2.49. The first kappa shape index (κ1) is 20.0. The van der Waals surface area contributed by atoms with Crippen LogP contribution in [0.3, 0.4) is 0 Å². The van der Waals surface area contributed by atoms with Gasteiger partial charge in [0.25, 0.3) is 11.5 Å². The second-order valence-electron chi connectivity index (χ2n) is 7.44. The molecule has 1 fully saturated rings. The molecule has 0 N–H and O–H groups in total. The molecule has 4 heterocycles. The molecule has 0 spiro atoms. The highest BCUT2D eigenvalue weighted by Crippen LogP contribution is 2.13. The van der Waals surface area contributed by atoms with Gasteiger partial charge in [0.15, 0.2) is 5.69 Å². The molecule has 0 aromatic carbocycles. The van der Waals surface area contributed by atoms with Gasteiger partial charge in [0.1, 0.15) is 0 Å². The third-order valence-corrected chi connectivity index (χ3v) is 5.46. The van der Waals surface area contributed by atoms with Gasteiger partial charge in [-0.05, 0) is 31.2 Å². The summed E-state index contributed by atoms with van der Waals surface area (Å²) >= 11 is 0. The standard InChI is InChI=1S/C21H25N7O2/c1-16-15-19(23-25(16)2)21(30)27-12-9-26(10-13-27)11-14-28-20(29)4-3-18(24-28)17-5-7-22-8-6-17/h3-8,15H,9-14H2,1-2H3. The fourth-order valence-electron chi connectivity index (χ4n) is 3.52. The Morgan fingerprint density at radius 3 is 2.40 bits per heavy atom. The third-order valence-electron chi connectivity index (χ3n) is 5.46. The third kappa shape index (κ3) is 4.30. The van der Waals surface area contributed by atoms with Crippen LogP contribution in [0.25, 0.3) is 11.3 Å². The number of amides is 1. The van der Waals surface area contributed by atoms with E-state index in [0.717, 1.165) is 30.0 Å². The van der Waals surface area contributed by atoms with Crippen LogP contribution in [0.4, 0.5) is 0 Å². The van der Waals surface area contributed by atoms with Crippen LogP contribution in [0.1, 0.15) is 16.2 Å². The van der Waals surface area contributed by atoms with E-state index in [4.69, 9.17) is 0 Å². The Morgan fingerprint density at radius 2 is 1.73 bits per heavy atom. The number of aromatic nitrogens is 5. The van der Waals surface area contributed by atoms with E-state index < -0.39 is 0 Å². The van der Waals surface area contributed by atoms with Crippen molar-refractivity contribution in [2.75, 3.05) is 32.7 Å². The number of carbonyl (C=O) groups excluding carboxylic acids is 1. The maximum absolute atomic E-state index is 12.6. The van der Waals surface area contributed by atoms with Crippen LogP contribution in [0.2, 0.25) is 0 Å². The molecule has 1 aliphatic rings. The van der Waals surface area contributed by atoms with E-state index in [1.165, 1.54) is 4.68 Å². The highest BCUT2D eigenvalue weighted by Gasteiger charge is 2.24.